The lowest BCUT2D eigenvalue weighted by molar-refractivity contribution is -0.118. The molecule has 0 aliphatic rings. The first-order chi connectivity index (χ1) is 11.9. The van der Waals surface area contributed by atoms with E-state index in [1.807, 2.05) is 45.0 Å². The zero-order valence-corrected chi connectivity index (χ0v) is 15.2. The molecular formula is C18H20N4O2S. The number of carbonyl (C=O) groups is 1. The molecule has 1 amide bonds. The molecule has 0 fully saturated rings. The minimum absolute atomic E-state index is 0.0434. The third kappa shape index (κ3) is 4.07. The van der Waals surface area contributed by atoms with Crippen molar-refractivity contribution < 1.29 is 9.53 Å². The van der Waals surface area contributed by atoms with E-state index in [0.717, 1.165) is 26.9 Å². The Balaban J connectivity index is 1.69. The van der Waals surface area contributed by atoms with Crippen LogP contribution in [0.25, 0.3) is 10.2 Å². The number of rotatable bonds is 5. The molecule has 1 aromatic heterocycles. The molecule has 6 nitrogen and oxygen atoms in total. The van der Waals surface area contributed by atoms with Gasteiger partial charge in [-0.3, -0.25) is 10.2 Å². The fourth-order valence-corrected chi connectivity index (χ4v) is 3.59. The van der Waals surface area contributed by atoms with Gasteiger partial charge < -0.3 is 10.1 Å². The highest BCUT2D eigenvalue weighted by Crippen LogP contribution is 2.30. The molecule has 0 saturated heterocycles. The highest BCUT2D eigenvalue weighted by Gasteiger charge is 2.10. The van der Waals surface area contributed by atoms with Gasteiger partial charge in [0.25, 0.3) is 5.91 Å². The largest absolute Gasteiger partial charge is 0.484 e. The van der Waals surface area contributed by atoms with Crippen LogP contribution in [0.2, 0.25) is 0 Å². The molecule has 0 unspecified atom stereocenters. The Hall–Kier alpha value is -2.64. The van der Waals surface area contributed by atoms with Gasteiger partial charge in [-0.05, 0) is 61.7 Å². The number of aromatic nitrogens is 1. The van der Waals surface area contributed by atoms with Crippen LogP contribution in [0.3, 0.4) is 0 Å². The van der Waals surface area contributed by atoms with Crippen LogP contribution in [0.1, 0.15) is 16.7 Å². The van der Waals surface area contributed by atoms with Crippen LogP contribution in [0, 0.1) is 20.8 Å². The average Bonchev–Trinajstić information content (AvgIpc) is 2.96. The number of thiazole rings is 1. The number of benzene rings is 2. The summed E-state index contributed by atoms with van der Waals surface area (Å²) >= 11 is 1.44. The first-order valence-electron chi connectivity index (χ1n) is 7.83. The molecule has 3 rings (SSSR count). The van der Waals surface area contributed by atoms with Crippen molar-refractivity contribution in [1.29, 1.82) is 0 Å². The van der Waals surface area contributed by atoms with Crippen LogP contribution in [-0.4, -0.2) is 17.5 Å². The second-order valence-corrected chi connectivity index (χ2v) is 6.99. The zero-order valence-electron chi connectivity index (χ0n) is 14.3. The molecule has 1 heterocycles. The average molecular weight is 356 g/mol. The molecule has 25 heavy (non-hydrogen) atoms. The second kappa shape index (κ2) is 7.08. The molecule has 7 heteroatoms. The van der Waals surface area contributed by atoms with Crippen molar-refractivity contribution in [2.45, 2.75) is 20.8 Å². The molecule has 130 valence electrons. The van der Waals surface area contributed by atoms with Gasteiger partial charge in [0.1, 0.15) is 5.75 Å². The number of hydrogen-bond donors (Lipinski definition) is 3. The summed E-state index contributed by atoms with van der Waals surface area (Å²) in [4.78, 5) is 16.6. The van der Waals surface area contributed by atoms with E-state index in [2.05, 4.69) is 21.8 Å². The maximum Gasteiger partial charge on any atom is 0.262 e. The van der Waals surface area contributed by atoms with Gasteiger partial charge in [0, 0.05) is 5.69 Å². The predicted octanol–water partition coefficient (Wildman–Crippen LogP) is 3.52. The molecule has 0 aliphatic carbocycles. The Morgan fingerprint density at radius 1 is 1.16 bits per heavy atom. The second-order valence-electron chi connectivity index (χ2n) is 5.96. The highest BCUT2D eigenvalue weighted by atomic mass is 32.1. The quantitative estimate of drug-likeness (QED) is 0.481. The van der Waals surface area contributed by atoms with Crippen molar-refractivity contribution in [3.8, 4) is 5.75 Å². The third-order valence-electron chi connectivity index (χ3n) is 3.66. The molecule has 2 aromatic carbocycles. The Kier molecular flexibility index (Phi) is 4.87. The summed E-state index contributed by atoms with van der Waals surface area (Å²) in [5.74, 6) is 5.90. The highest BCUT2D eigenvalue weighted by molar-refractivity contribution is 7.22. The first-order valence-corrected chi connectivity index (χ1v) is 8.65. The lowest BCUT2D eigenvalue weighted by atomic mass is 10.1. The van der Waals surface area contributed by atoms with Gasteiger partial charge in [0.2, 0.25) is 0 Å². The smallest absolute Gasteiger partial charge is 0.262 e. The van der Waals surface area contributed by atoms with E-state index in [-0.39, 0.29) is 12.5 Å². The summed E-state index contributed by atoms with van der Waals surface area (Å²) < 4.78 is 6.55. The normalized spacial score (nSPS) is 10.7. The van der Waals surface area contributed by atoms with Crippen molar-refractivity contribution in [2.75, 3.05) is 17.3 Å². The number of anilines is 2. The molecule has 0 saturated carbocycles. The van der Waals surface area contributed by atoms with Crippen molar-refractivity contribution in [3.63, 3.8) is 0 Å². The van der Waals surface area contributed by atoms with E-state index in [0.29, 0.717) is 16.6 Å². The number of carbonyl (C=O) groups excluding carboxylic acids is 1. The molecule has 0 spiro atoms. The van der Waals surface area contributed by atoms with E-state index in [1.54, 1.807) is 0 Å². The van der Waals surface area contributed by atoms with Gasteiger partial charge in [-0.25, -0.2) is 10.8 Å². The fraction of sp³-hybridized carbons (Fsp3) is 0.222. The Labute approximate surface area is 150 Å². The number of aryl methyl sites for hydroxylation is 3. The van der Waals surface area contributed by atoms with Crippen LogP contribution in [0.4, 0.5) is 10.8 Å². The van der Waals surface area contributed by atoms with Crippen LogP contribution < -0.4 is 21.3 Å². The van der Waals surface area contributed by atoms with Gasteiger partial charge >= 0.3 is 0 Å². The van der Waals surface area contributed by atoms with E-state index in [4.69, 9.17) is 10.6 Å². The predicted molar refractivity (Wildman–Crippen MR) is 102 cm³/mol. The van der Waals surface area contributed by atoms with E-state index >= 15 is 0 Å². The SMILES string of the molecule is Cc1cc(C)cc(OCC(=O)Nc2cc(C)c3nc(NN)sc3c2)c1. The summed E-state index contributed by atoms with van der Waals surface area (Å²) in [6.07, 6.45) is 0. The molecule has 3 aromatic rings. The monoisotopic (exact) mass is 356 g/mol. The number of nitrogen functional groups attached to an aromatic ring is 1. The van der Waals surface area contributed by atoms with Gasteiger partial charge in [-0.15, -0.1) is 0 Å². The summed E-state index contributed by atoms with van der Waals surface area (Å²) in [6, 6.07) is 9.65. The van der Waals surface area contributed by atoms with Crippen LogP contribution in [0.5, 0.6) is 5.75 Å². The molecular weight excluding hydrogens is 336 g/mol. The summed E-state index contributed by atoms with van der Waals surface area (Å²) in [5, 5.41) is 3.50. The molecule has 0 bridgehead atoms. The van der Waals surface area contributed by atoms with Crippen LogP contribution >= 0.6 is 11.3 Å². The minimum Gasteiger partial charge on any atom is -0.484 e. The number of ether oxygens (including phenoxy) is 1. The molecule has 0 radical (unpaired) electrons. The standard InChI is InChI=1S/C18H20N4O2S/c1-10-4-11(2)6-14(5-10)24-9-16(23)20-13-7-12(3)17-15(8-13)25-18(21-17)22-19/h4-8H,9,19H2,1-3H3,(H,20,23)(H,21,22). The lowest BCUT2D eigenvalue weighted by Crippen LogP contribution is -2.20. The number of nitrogens with one attached hydrogen (secondary N) is 2. The van der Waals surface area contributed by atoms with Crippen molar-refractivity contribution in [3.05, 3.63) is 47.0 Å². The Bertz CT molecular complexity index is 916. The van der Waals surface area contributed by atoms with Crippen molar-refractivity contribution >= 4 is 38.3 Å². The van der Waals surface area contributed by atoms with Crippen molar-refractivity contribution in [2.24, 2.45) is 5.84 Å². The zero-order chi connectivity index (χ0) is 18.0. The summed E-state index contributed by atoms with van der Waals surface area (Å²) in [6.45, 7) is 5.90. The maximum atomic E-state index is 12.2. The van der Waals surface area contributed by atoms with Gasteiger partial charge in [-0.2, -0.15) is 0 Å². The number of nitrogens with two attached hydrogens (primary N) is 1. The summed E-state index contributed by atoms with van der Waals surface area (Å²) in [5.41, 5.74) is 7.32. The Morgan fingerprint density at radius 2 is 1.88 bits per heavy atom. The number of hydrogen-bond acceptors (Lipinski definition) is 6. The minimum atomic E-state index is -0.209. The number of nitrogens with zero attached hydrogens (tertiary/aromatic N) is 1. The third-order valence-corrected chi connectivity index (χ3v) is 4.59. The molecule has 4 N–H and O–H groups in total. The number of fused-ring (bicyclic) bond motifs is 1. The fourth-order valence-electron chi connectivity index (χ4n) is 2.69. The lowest BCUT2D eigenvalue weighted by Gasteiger charge is -2.09. The topological polar surface area (TPSA) is 89.3 Å². The maximum absolute atomic E-state index is 12.2. The van der Waals surface area contributed by atoms with Gasteiger partial charge in [-0.1, -0.05) is 17.4 Å². The van der Waals surface area contributed by atoms with Crippen LogP contribution in [0.15, 0.2) is 30.3 Å². The van der Waals surface area contributed by atoms with E-state index in [1.165, 1.54) is 11.3 Å². The first kappa shape index (κ1) is 17.2. The van der Waals surface area contributed by atoms with Crippen molar-refractivity contribution in [1.82, 2.24) is 4.98 Å². The summed E-state index contributed by atoms with van der Waals surface area (Å²) in [7, 11) is 0. The van der Waals surface area contributed by atoms with Crippen LogP contribution in [-0.2, 0) is 4.79 Å². The number of amides is 1. The van der Waals surface area contributed by atoms with E-state index in [9.17, 15) is 4.79 Å². The Morgan fingerprint density at radius 3 is 2.56 bits per heavy atom. The van der Waals surface area contributed by atoms with E-state index < -0.39 is 0 Å². The van der Waals surface area contributed by atoms with Gasteiger partial charge in [0.15, 0.2) is 11.7 Å². The molecule has 0 aliphatic heterocycles. The number of hydrazine groups is 1. The molecule has 0 atom stereocenters. The van der Waals surface area contributed by atoms with Gasteiger partial charge in [0.05, 0.1) is 10.2 Å².